The summed E-state index contributed by atoms with van der Waals surface area (Å²) in [5.74, 6) is 0.226. The number of phenolic OH excluding ortho intramolecular Hbond substituents is 1. The van der Waals surface area contributed by atoms with E-state index in [-0.39, 0.29) is 22.9 Å². The Balaban J connectivity index is 1.63. The van der Waals surface area contributed by atoms with Crippen LogP contribution in [-0.2, 0) is 16.2 Å². The molecule has 0 bridgehead atoms. The maximum absolute atomic E-state index is 13.7. The van der Waals surface area contributed by atoms with E-state index in [1.807, 2.05) is 26.0 Å². The first kappa shape index (κ1) is 24.8. The van der Waals surface area contributed by atoms with Crippen LogP contribution < -0.4 is 15.0 Å². The van der Waals surface area contributed by atoms with Crippen LogP contribution in [0.25, 0.3) is 0 Å². The van der Waals surface area contributed by atoms with Crippen molar-refractivity contribution in [3.63, 3.8) is 0 Å². The van der Waals surface area contributed by atoms with Crippen LogP contribution in [0, 0.1) is 5.41 Å². The number of Topliss-reactive ketones (excluding diaryl/α,β-unsaturated/α-hetero) is 1. The van der Waals surface area contributed by atoms with Gasteiger partial charge >= 0.3 is 0 Å². The molecular weight excluding hydrogens is 490 g/mol. The Morgan fingerprint density at radius 3 is 2.65 bits per heavy atom. The van der Waals surface area contributed by atoms with Gasteiger partial charge in [0.25, 0.3) is 0 Å². The number of nitrogens with one attached hydrogen (secondary N) is 1. The molecule has 0 saturated carbocycles. The number of anilines is 2. The predicted octanol–water partition coefficient (Wildman–Crippen LogP) is 6.18. The second-order valence-electron chi connectivity index (χ2n) is 10.2. The summed E-state index contributed by atoms with van der Waals surface area (Å²) in [6, 6.07) is 13.3. The highest BCUT2D eigenvalue weighted by Gasteiger charge is 2.43. The Morgan fingerprint density at radius 1 is 1.19 bits per heavy atom. The number of ketones is 1. The summed E-state index contributed by atoms with van der Waals surface area (Å²) in [6.07, 6.45) is 4.32. The number of aromatic hydroxyl groups is 1. The van der Waals surface area contributed by atoms with Crippen LogP contribution in [0.3, 0.4) is 0 Å². The molecule has 3 aromatic rings. The number of allylic oxidation sites excluding steroid dienone is 1. The SMILES string of the molecule is CC(=O)N1c2cccc(O)c2NC2=C(C(=O)CC(C)(C)C2)C1c1ccc(OCc2ccncc2)cc1Cl. The standard InChI is InChI=1S/C29H28ClN3O4/c1-17(34)33-23-5-4-6-24(35)27(23)32-22-14-29(2,3)15-25(36)26(22)28(33)20-8-7-19(13-21(20)30)37-16-18-9-11-31-12-10-18/h4-13,28,32,35H,14-16H2,1-3H3. The Hall–Kier alpha value is -3.84. The van der Waals surface area contributed by atoms with E-state index in [0.29, 0.717) is 58.4 Å². The molecule has 1 aliphatic carbocycles. The number of hydrogen-bond donors (Lipinski definition) is 2. The number of amides is 1. The van der Waals surface area contributed by atoms with Gasteiger partial charge in [-0.25, -0.2) is 0 Å². The van der Waals surface area contributed by atoms with Crippen LogP contribution in [-0.4, -0.2) is 21.8 Å². The van der Waals surface area contributed by atoms with Gasteiger partial charge in [0, 0.05) is 42.0 Å². The summed E-state index contributed by atoms with van der Waals surface area (Å²) in [4.78, 5) is 32.4. The van der Waals surface area contributed by atoms with Crippen LogP contribution in [0.1, 0.15) is 50.8 Å². The van der Waals surface area contributed by atoms with E-state index < -0.39 is 6.04 Å². The lowest BCUT2D eigenvalue weighted by Gasteiger charge is -2.37. The molecular formula is C29H28ClN3O4. The van der Waals surface area contributed by atoms with E-state index in [9.17, 15) is 14.7 Å². The lowest BCUT2D eigenvalue weighted by molar-refractivity contribution is -0.118. The maximum Gasteiger partial charge on any atom is 0.224 e. The minimum absolute atomic E-state index is 0.00182. The minimum Gasteiger partial charge on any atom is -0.506 e. The summed E-state index contributed by atoms with van der Waals surface area (Å²) < 4.78 is 5.92. The average molecular weight is 518 g/mol. The number of para-hydroxylation sites is 1. The Labute approximate surface area is 220 Å². The van der Waals surface area contributed by atoms with E-state index in [4.69, 9.17) is 16.3 Å². The molecule has 1 unspecified atom stereocenters. The molecule has 2 aromatic carbocycles. The molecule has 7 nitrogen and oxygen atoms in total. The summed E-state index contributed by atoms with van der Waals surface area (Å²) in [5, 5.41) is 14.4. The Morgan fingerprint density at radius 2 is 1.95 bits per heavy atom. The summed E-state index contributed by atoms with van der Waals surface area (Å²) in [7, 11) is 0. The molecule has 1 amide bonds. The molecule has 2 N–H and O–H groups in total. The zero-order chi connectivity index (χ0) is 26.3. The smallest absolute Gasteiger partial charge is 0.224 e. The van der Waals surface area contributed by atoms with Gasteiger partial charge in [-0.1, -0.05) is 37.6 Å². The monoisotopic (exact) mass is 517 g/mol. The van der Waals surface area contributed by atoms with Crippen molar-refractivity contribution in [3.8, 4) is 11.5 Å². The normalized spacial score (nSPS) is 18.4. The molecule has 0 fully saturated rings. The molecule has 1 aromatic heterocycles. The molecule has 37 heavy (non-hydrogen) atoms. The fraction of sp³-hybridized carbons (Fsp3) is 0.276. The Bertz CT molecular complexity index is 1420. The van der Waals surface area contributed by atoms with Gasteiger partial charge in [0.2, 0.25) is 5.91 Å². The lowest BCUT2D eigenvalue weighted by atomic mass is 9.73. The van der Waals surface area contributed by atoms with Crippen LogP contribution in [0.4, 0.5) is 11.4 Å². The Kier molecular flexibility index (Phi) is 6.42. The number of fused-ring (bicyclic) bond motifs is 1. The first-order chi connectivity index (χ1) is 17.6. The fourth-order valence-corrected chi connectivity index (χ4v) is 5.42. The molecule has 0 radical (unpaired) electrons. The summed E-state index contributed by atoms with van der Waals surface area (Å²) in [5.41, 5.74) is 3.33. The van der Waals surface area contributed by atoms with Gasteiger partial charge in [0.1, 0.15) is 23.8 Å². The van der Waals surface area contributed by atoms with Crippen molar-refractivity contribution in [3.05, 3.63) is 88.3 Å². The van der Waals surface area contributed by atoms with Crippen molar-refractivity contribution in [1.29, 1.82) is 0 Å². The van der Waals surface area contributed by atoms with Crippen molar-refractivity contribution in [2.45, 2.75) is 46.3 Å². The lowest BCUT2D eigenvalue weighted by Crippen LogP contribution is -2.38. The third-order valence-corrected chi connectivity index (χ3v) is 7.10. The quantitative estimate of drug-likeness (QED) is 0.401. The molecule has 2 heterocycles. The van der Waals surface area contributed by atoms with Crippen LogP contribution in [0.15, 0.2) is 72.2 Å². The molecule has 0 spiro atoms. The number of phenols is 1. The topological polar surface area (TPSA) is 91.8 Å². The van der Waals surface area contributed by atoms with Gasteiger partial charge in [-0.3, -0.25) is 19.5 Å². The second kappa shape index (κ2) is 9.56. The fourth-order valence-electron chi connectivity index (χ4n) is 5.15. The largest absolute Gasteiger partial charge is 0.506 e. The second-order valence-corrected chi connectivity index (χ2v) is 10.7. The van der Waals surface area contributed by atoms with Crippen molar-refractivity contribution >= 4 is 34.7 Å². The van der Waals surface area contributed by atoms with Gasteiger partial charge in [0.15, 0.2) is 5.78 Å². The highest BCUT2D eigenvalue weighted by molar-refractivity contribution is 6.31. The zero-order valence-corrected chi connectivity index (χ0v) is 21.7. The number of rotatable bonds is 4. The van der Waals surface area contributed by atoms with Crippen LogP contribution in [0.2, 0.25) is 5.02 Å². The number of benzene rings is 2. The van der Waals surface area contributed by atoms with Gasteiger partial charge in [-0.05, 0) is 59.4 Å². The minimum atomic E-state index is -0.770. The van der Waals surface area contributed by atoms with Gasteiger partial charge in [0.05, 0.1) is 11.7 Å². The number of hydrogen-bond acceptors (Lipinski definition) is 6. The zero-order valence-electron chi connectivity index (χ0n) is 20.9. The molecule has 1 aliphatic heterocycles. The number of halogens is 1. The van der Waals surface area contributed by atoms with Crippen molar-refractivity contribution < 1.29 is 19.4 Å². The highest BCUT2D eigenvalue weighted by atomic mass is 35.5. The van der Waals surface area contributed by atoms with Crippen molar-refractivity contribution in [1.82, 2.24) is 4.98 Å². The number of carbonyl (C=O) groups excluding carboxylic acids is 2. The summed E-state index contributed by atoms with van der Waals surface area (Å²) >= 11 is 6.83. The molecule has 1 atom stereocenters. The molecule has 190 valence electrons. The van der Waals surface area contributed by atoms with Gasteiger partial charge in [-0.2, -0.15) is 0 Å². The van der Waals surface area contributed by atoms with E-state index in [1.165, 1.54) is 6.92 Å². The van der Waals surface area contributed by atoms with E-state index >= 15 is 0 Å². The first-order valence-electron chi connectivity index (χ1n) is 12.1. The molecule has 0 saturated heterocycles. The molecule has 8 heteroatoms. The van der Waals surface area contributed by atoms with Crippen molar-refractivity contribution in [2.75, 3.05) is 10.2 Å². The van der Waals surface area contributed by atoms with Gasteiger partial charge in [-0.15, -0.1) is 0 Å². The number of aromatic nitrogens is 1. The third kappa shape index (κ3) is 4.79. The van der Waals surface area contributed by atoms with E-state index in [2.05, 4.69) is 10.3 Å². The maximum atomic E-state index is 13.7. The van der Waals surface area contributed by atoms with E-state index in [0.717, 1.165) is 5.56 Å². The number of ether oxygens (including phenoxy) is 1. The number of pyridine rings is 1. The third-order valence-electron chi connectivity index (χ3n) is 6.77. The number of nitrogens with zero attached hydrogens (tertiary/aromatic N) is 2. The average Bonchev–Trinajstić information content (AvgIpc) is 2.98. The number of carbonyl (C=O) groups is 2. The first-order valence-corrected chi connectivity index (χ1v) is 12.5. The van der Waals surface area contributed by atoms with Gasteiger partial charge < -0.3 is 15.2 Å². The van der Waals surface area contributed by atoms with Crippen LogP contribution in [0.5, 0.6) is 11.5 Å². The summed E-state index contributed by atoms with van der Waals surface area (Å²) in [6.45, 7) is 5.86. The van der Waals surface area contributed by atoms with Crippen LogP contribution >= 0.6 is 11.6 Å². The molecule has 5 rings (SSSR count). The van der Waals surface area contributed by atoms with Crippen molar-refractivity contribution in [2.24, 2.45) is 5.41 Å². The molecule has 2 aliphatic rings. The predicted molar refractivity (Wildman–Crippen MR) is 143 cm³/mol. The van der Waals surface area contributed by atoms with E-state index in [1.54, 1.807) is 53.7 Å². The highest BCUT2D eigenvalue weighted by Crippen LogP contribution is 2.51.